The van der Waals surface area contributed by atoms with E-state index in [4.69, 9.17) is 31.5 Å². The standard InChI is InChI=1S/C25H31ClN4O4/c1-18-23(17-34-16-22(33)15-30(11-13-31)12-14-32)25(28-21-9-7-20(26)8-10-21)29-24(27-18)19-5-3-2-4-6-19/h2-10,22,31-33H,11-17H2,1H3,(H,27,28,29). The Morgan fingerprint density at radius 1 is 1.00 bits per heavy atom. The molecule has 9 heteroatoms. The quantitative estimate of drug-likeness (QED) is 0.292. The lowest BCUT2D eigenvalue weighted by molar-refractivity contribution is 0.00512. The van der Waals surface area contributed by atoms with Gasteiger partial charge in [-0.3, -0.25) is 4.90 Å². The lowest BCUT2D eigenvalue weighted by atomic mass is 10.1. The molecule has 3 aromatic rings. The molecule has 3 rings (SSSR count). The van der Waals surface area contributed by atoms with E-state index in [0.717, 1.165) is 22.5 Å². The summed E-state index contributed by atoms with van der Waals surface area (Å²) < 4.78 is 5.82. The normalized spacial score (nSPS) is 12.2. The fourth-order valence-electron chi connectivity index (χ4n) is 3.48. The number of hydrogen-bond acceptors (Lipinski definition) is 8. The first kappa shape index (κ1) is 26.0. The van der Waals surface area contributed by atoms with Crippen LogP contribution >= 0.6 is 11.6 Å². The van der Waals surface area contributed by atoms with Crippen molar-refractivity contribution in [3.05, 3.63) is 70.9 Å². The van der Waals surface area contributed by atoms with Crippen LogP contribution in [0, 0.1) is 6.92 Å². The summed E-state index contributed by atoms with van der Waals surface area (Å²) in [6.45, 7) is 3.15. The molecule has 0 bridgehead atoms. The number of nitrogens with one attached hydrogen (secondary N) is 1. The first-order chi connectivity index (χ1) is 16.5. The van der Waals surface area contributed by atoms with Crippen LogP contribution in [-0.4, -0.2) is 75.7 Å². The van der Waals surface area contributed by atoms with Crippen LogP contribution in [0.4, 0.5) is 11.5 Å². The van der Waals surface area contributed by atoms with Gasteiger partial charge in [0.2, 0.25) is 0 Å². The molecule has 8 nitrogen and oxygen atoms in total. The van der Waals surface area contributed by atoms with E-state index in [-0.39, 0.29) is 26.4 Å². The number of aromatic nitrogens is 2. The van der Waals surface area contributed by atoms with E-state index >= 15 is 0 Å². The van der Waals surface area contributed by atoms with Crippen LogP contribution in [0.1, 0.15) is 11.3 Å². The van der Waals surface area contributed by atoms with Crippen LogP contribution in [0.25, 0.3) is 11.4 Å². The molecule has 1 atom stereocenters. The lowest BCUT2D eigenvalue weighted by Crippen LogP contribution is -2.38. The molecule has 1 aromatic heterocycles. The Morgan fingerprint density at radius 3 is 2.32 bits per heavy atom. The molecule has 182 valence electrons. The van der Waals surface area contributed by atoms with Gasteiger partial charge < -0.3 is 25.4 Å². The number of rotatable bonds is 13. The highest BCUT2D eigenvalue weighted by Crippen LogP contribution is 2.26. The van der Waals surface area contributed by atoms with Crippen molar-refractivity contribution < 1.29 is 20.1 Å². The molecule has 4 N–H and O–H groups in total. The molecule has 0 spiro atoms. The zero-order valence-electron chi connectivity index (χ0n) is 19.2. The molecule has 2 aromatic carbocycles. The van der Waals surface area contributed by atoms with Crippen LogP contribution in [-0.2, 0) is 11.3 Å². The first-order valence-electron chi connectivity index (χ1n) is 11.2. The molecule has 0 fully saturated rings. The minimum atomic E-state index is -0.768. The zero-order valence-corrected chi connectivity index (χ0v) is 19.9. The summed E-state index contributed by atoms with van der Waals surface area (Å²) in [4.78, 5) is 11.2. The molecule has 0 radical (unpaired) electrons. The van der Waals surface area contributed by atoms with E-state index in [0.29, 0.717) is 36.3 Å². The molecular weight excluding hydrogens is 456 g/mol. The van der Waals surface area contributed by atoms with E-state index < -0.39 is 6.10 Å². The van der Waals surface area contributed by atoms with Crippen molar-refractivity contribution in [2.45, 2.75) is 19.6 Å². The summed E-state index contributed by atoms with van der Waals surface area (Å²) in [6, 6.07) is 17.1. The van der Waals surface area contributed by atoms with Crippen LogP contribution in [0.3, 0.4) is 0 Å². The third kappa shape index (κ3) is 7.73. The Bertz CT molecular complexity index is 1020. The van der Waals surface area contributed by atoms with Crippen LogP contribution in [0.5, 0.6) is 0 Å². The largest absolute Gasteiger partial charge is 0.395 e. The van der Waals surface area contributed by atoms with Crippen LogP contribution in [0.2, 0.25) is 5.02 Å². The molecule has 0 saturated heterocycles. The topological polar surface area (TPSA) is 111 Å². The minimum absolute atomic E-state index is 0.0440. The van der Waals surface area contributed by atoms with E-state index in [1.54, 1.807) is 17.0 Å². The van der Waals surface area contributed by atoms with E-state index in [9.17, 15) is 5.11 Å². The van der Waals surface area contributed by atoms with E-state index in [1.165, 1.54) is 0 Å². The summed E-state index contributed by atoms with van der Waals surface area (Å²) >= 11 is 6.02. The molecule has 34 heavy (non-hydrogen) atoms. The summed E-state index contributed by atoms with van der Waals surface area (Å²) in [6.07, 6.45) is -0.768. The van der Waals surface area contributed by atoms with Crippen molar-refractivity contribution in [2.75, 3.05) is 44.8 Å². The van der Waals surface area contributed by atoms with Gasteiger partial charge in [0.1, 0.15) is 5.82 Å². The van der Waals surface area contributed by atoms with Crippen molar-refractivity contribution in [2.24, 2.45) is 0 Å². The highest BCUT2D eigenvalue weighted by molar-refractivity contribution is 6.30. The number of halogens is 1. The van der Waals surface area contributed by atoms with Crippen molar-refractivity contribution in [3.8, 4) is 11.4 Å². The van der Waals surface area contributed by atoms with Gasteiger partial charge in [0.15, 0.2) is 5.82 Å². The Kier molecular flexibility index (Phi) is 10.2. The predicted molar refractivity (Wildman–Crippen MR) is 133 cm³/mol. The fourth-order valence-corrected chi connectivity index (χ4v) is 3.61. The Hall–Kier alpha value is -2.59. The second kappa shape index (κ2) is 13.3. The average Bonchev–Trinajstić information content (AvgIpc) is 2.83. The highest BCUT2D eigenvalue weighted by Gasteiger charge is 2.16. The van der Waals surface area contributed by atoms with Gasteiger partial charge in [-0.15, -0.1) is 0 Å². The maximum Gasteiger partial charge on any atom is 0.161 e. The Balaban J connectivity index is 1.76. The zero-order chi connectivity index (χ0) is 24.3. The van der Waals surface area contributed by atoms with Gasteiger partial charge in [-0.25, -0.2) is 9.97 Å². The summed E-state index contributed by atoms with van der Waals surface area (Å²) in [5, 5.41) is 32.6. The molecule has 0 saturated carbocycles. The van der Waals surface area contributed by atoms with Crippen molar-refractivity contribution in [3.63, 3.8) is 0 Å². The summed E-state index contributed by atoms with van der Waals surface area (Å²) in [5.41, 5.74) is 3.28. The van der Waals surface area contributed by atoms with Gasteiger partial charge in [0.05, 0.1) is 32.5 Å². The fraction of sp³-hybridized carbons (Fsp3) is 0.360. The number of aliphatic hydroxyl groups is 3. The Labute approximate surface area is 204 Å². The number of aliphatic hydroxyl groups excluding tert-OH is 3. The number of anilines is 2. The smallest absolute Gasteiger partial charge is 0.161 e. The number of hydrogen-bond donors (Lipinski definition) is 4. The Morgan fingerprint density at radius 2 is 1.68 bits per heavy atom. The maximum absolute atomic E-state index is 10.4. The van der Waals surface area contributed by atoms with Gasteiger partial charge in [-0.1, -0.05) is 41.9 Å². The SMILES string of the molecule is Cc1nc(-c2ccccc2)nc(Nc2ccc(Cl)cc2)c1COCC(O)CN(CCO)CCO. The minimum Gasteiger partial charge on any atom is -0.395 e. The van der Waals surface area contributed by atoms with Crippen molar-refractivity contribution in [1.82, 2.24) is 14.9 Å². The monoisotopic (exact) mass is 486 g/mol. The van der Waals surface area contributed by atoms with Gasteiger partial charge in [0, 0.05) is 47.2 Å². The average molecular weight is 487 g/mol. The van der Waals surface area contributed by atoms with Gasteiger partial charge >= 0.3 is 0 Å². The molecule has 1 heterocycles. The second-order valence-corrected chi connectivity index (χ2v) is 8.31. The summed E-state index contributed by atoms with van der Waals surface area (Å²) in [5.74, 6) is 1.22. The number of nitrogens with zero attached hydrogens (tertiary/aromatic N) is 3. The van der Waals surface area contributed by atoms with Gasteiger partial charge in [-0.05, 0) is 31.2 Å². The van der Waals surface area contributed by atoms with Gasteiger partial charge in [-0.2, -0.15) is 0 Å². The maximum atomic E-state index is 10.4. The number of aryl methyl sites for hydroxylation is 1. The summed E-state index contributed by atoms with van der Waals surface area (Å²) in [7, 11) is 0. The van der Waals surface area contributed by atoms with Crippen molar-refractivity contribution in [1.29, 1.82) is 0 Å². The molecule has 0 aliphatic heterocycles. The highest BCUT2D eigenvalue weighted by atomic mass is 35.5. The molecule has 0 aliphatic carbocycles. The third-order valence-corrected chi connectivity index (χ3v) is 5.46. The first-order valence-corrected chi connectivity index (χ1v) is 11.5. The van der Waals surface area contributed by atoms with Crippen LogP contribution < -0.4 is 5.32 Å². The van der Waals surface area contributed by atoms with Crippen LogP contribution in [0.15, 0.2) is 54.6 Å². The number of benzene rings is 2. The third-order valence-electron chi connectivity index (χ3n) is 5.21. The van der Waals surface area contributed by atoms with E-state index in [2.05, 4.69) is 10.3 Å². The predicted octanol–water partition coefficient (Wildman–Crippen LogP) is 3.01. The second-order valence-electron chi connectivity index (χ2n) is 7.87. The lowest BCUT2D eigenvalue weighted by Gasteiger charge is -2.23. The van der Waals surface area contributed by atoms with Crippen molar-refractivity contribution >= 4 is 23.1 Å². The molecule has 0 aliphatic rings. The molecular formula is C25H31ClN4O4. The molecule has 0 amide bonds. The van der Waals surface area contributed by atoms with Gasteiger partial charge in [0.25, 0.3) is 0 Å². The van der Waals surface area contributed by atoms with E-state index in [1.807, 2.05) is 49.4 Å². The number of ether oxygens (including phenoxy) is 1. The molecule has 1 unspecified atom stereocenters.